The molecule has 0 aliphatic rings. The third kappa shape index (κ3) is 12.4. The van der Waals surface area contributed by atoms with Gasteiger partial charge in [0.2, 0.25) is 0 Å². The van der Waals surface area contributed by atoms with Gasteiger partial charge in [0.25, 0.3) is 11.8 Å². The van der Waals surface area contributed by atoms with Crippen molar-refractivity contribution in [2.24, 2.45) is 11.5 Å². The monoisotopic (exact) mass is 618 g/mol. The third-order valence-corrected chi connectivity index (χ3v) is 8.93. The molecule has 2 aromatic carbocycles. The lowest BCUT2D eigenvalue weighted by atomic mass is 10.1. The van der Waals surface area contributed by atoms with E-state index in [0.29, 0.717) is 46.8 Å². The molecule has 0 spiro atoms. The minimum atomic E-state index is -0.394. The normalized spacial score (nSPS) is 12.2. The zero-order valence-corrected chi connectivity index (χ0v) is 25.9. The van der Waals surface area contributed by atoms with Gasteiger partial charge in [-0.3, -0.25) is 19.2 Å². The van der Waals surface area contributed by atoms with Crippen LogP contribution in [0.15, 0.2) is 58.3 Å². The minimum Gasteiger partial charge on any atom is -0.469 e. The number of hydrogen-bond donors (Lipinski definition) is 4. The highest BCUT2D eigenvalue weighted by Crippen LogP contribution is 2.40. The number of esters is 2. The summed E-state index contributed by atoms with van der Waals surface area (Å²) in [5.74, 6) is -1.38. The number of nitrogens with one attached hydrogen (secondary N) is 2. The molecule has 0 saturated carbocycles. The molecule has 0 fully saturated rings. The lowest BCUT2D eigenvalue weighted by molar-refractivity contribution is -0.142. The van der Waals surface area contributed by atoms with Gasteiger partial charge in [-0.1, -0.05) is 58.7 Å². The van der Waals surface area contributed by atoms with Crippen LogP contribution in [-0.2, 0) is 19.1 Å². The Morgan fingerprint density at radius 3 is 1.40 bits per heavy atom. The summed E-state index contributed by atoms with van der Waals surface area (Å²) < 4.78 is 9.61. The summed E-state index contributed by atoms with van der Waals surface area (Å²) in [6.07, 6.45) is 4.49. The maximum absolute atomic E-state index is 13.3. The van der Waals surface area contributed by atoms with Crippen LogP contribution in [0.1, 0.15) is 72.1 Å². The number of methoxy groups -OCH3 is 2. The molecular weight excluding hydrogens is 576 g/mol. The Labute approximate surface area is 255 Å². The van der Waals surface area contributed by atoms with Crippen molar-refractivity contribution in [3.63, 3.8) is 0 Å². The van der Waals surface area contributed by atoms with Gasteiger partial charge in [-0.25, -0.2) is 0 Å². The van der Waals surface area contributed by atoms with Gasteiger partial charge in [-0.15, -0.1) is 0 Å². The molecule has 0 heterocycles. The van der Waals surface area contributed by atoms with Gasteiger partial charge in [-0.2, -0.15) is 0 Å². The number of rotatable bonds is 19. The molecule has 0 unspecified atom stereocenters. The summed E-state index contributed by atoms with van der Waals surface area (Å²) in [5.41, 5.74) is 12.1. The second-order valence-electron chi connectivity index (χ2n) is 9.63. The zero-order valence-electron chi connectivity index (χ0n) is 24.3. The number of hydrogen-bond acceptors (Lipinski definition) is 10. The lowest BCUT2D eigenvalue weighted by Crippen LogP contribution is -2.37. The number of nitrogens with two attached hydrogens (primary N) is 2. The summed E-state index contributed by atoms with van der Waals surface area (Å²) in [6, 6.07) is 13.6. The number of carbonyl (C=O) groups excluding carboxylic acids is 4. The molecule has 2 aromatic rings. The van der Waals surface area contributed by atoms with Crippen molar-refractivity contribution in [1.29, 1.82) is 0 Å². The van der Waals surface area contributed by atoms with Crippen LogP contribution >= 0.6 is 21.6 Å². The highest BCUT2D eigenvalue weighted by molar-refractivity contribution is 8.76. The van der Waals surface area contributed by atoms with E-state index >= 15 is 0 Å². The number of amides is 2. The van der Waals surface area contributed by atoms with Crippen LogP contribution in [0.25, 0.3) is 0 Å². The maximum atomic E-state index is 13.3. The maximum Gasteiger partial charge on any atom is 0.307 e. The van der Waals surface area contributed by atoms with E-state index in [9.17, 15) is 19.2 Å². The van der Waals surface area contributed by atoms with Crippen LogP contribution in [0.3, 0.4) is 0 Å². The predicted octanol–water partition coefficient (Wildman–Crippen LogP) is 4.07. The van der Waals surface area contributed by atoms with Crippen molar-refractivity contribution < 1.29 is 28.7 Å². The first-order valence-corrected chi connectivity index (χ1v) is 16.2. The number of unbranched alkanes of at least 4 members (excludes halogenated alkanes) is 2. The van der Waals surface area contributed by atoms with E-state index in [1.807, 2.05) is 24.3 Å². The Kier molecular flexibility index (Phi) is 16.7. The molecule has 0 radical (unpaired) electrons. The van der Waals surface area contributed by atoms with E-state index in [4.69, 9.17) is 20.9 Å². The number of carbonyl (C=O) groups is 4. The predicted molar refractivity (Wildman–Crippen MR) is 166 cm³/mol. The summed E-state index contributed by atoms with van der Waals surface area (Å²) in [7, 11) is 5.36. The molecule has 0 aromatic heterocycles. The highest BCUT2D eigenvalue weighted by Gasteiger charge is 2.22. The van der Waals surface area contributed by atoms with Crippen molar-refractivity contribution in [2.75, 3.05) is 27.3 Å². The summed E-state index contributed by atoms with van der Waals surface area (Å²) >= 11 is 0. The van der Waals surface area contributed by atoms with Crippen molar-refractivity contribution in [2.45, 2.75) is 73.2 Å². The van der Waals surface area contributed by atoms with Crippen molar-refractivity contribution in [1.82, 2.24) is 10.6 Å². The Hall–Kier alpha value is -3.06. The Morgan fingerprint density at radius 1 is 0.667 bits per heavy atom. The molecule has 42 heavy (non-hydrogen) atoms. The molecule has 10 nitrogen and oxygen atoms in total. The minimum absolute atomic E-state index is 0.0720. The fraction of sp³-hybridized carbons (Fsp3) is 0.467. The van der Waals surface area contributed by atoms with E-state index in [2.05, 4.69) is 10.6 Å². The fourth-order valence-corrected chi connectivity index (χ4v) is 6.52. The second-order valence-corrected chi connectivity index (χ2v) is 11.8. The van der Waals surface area contributed by atoms with Crippen LogP contribution in [0, 0.1) is 0 Å². The third-order valence-electron chi connectivity index (χ3n) is 6.45. The smallest absolute Gasteiger partial charge is 0.307 e. The number of benzene rings is 2. The first-order valence-electron chi connectivity index (χ1n) is 14.0. The van der Waals surface area contributed by atoms with Crippen LogP contribution in [0.2, 0.25) is 0 Å². The van der Waals surface area contributed by atoms with Crippen molar-refractivity contribution in [3.05, 3.63) is 59.7 Å². The van der Waals surface area contributed by atoms with E-state index in [0.717, 1.165) is 25.7 Å². The molecule has 12 heteroatoms. The topological polar surface area (TPSA) is 163 Å². The van der Waals surface area contributed by atoms with E-state index in [1.165, 1.54) is 35.8 Å². The van der Waals surface area contributed by atoms with Crippen molar-refractivity contribution >= 4 is 45.3 Å². The summed E-state index contributed by atoms with van der Waals surface area (Å²) in [4.78, 5) is 51.8. The molecule has 0 bridgehead atoms. The molecule has 2 atom stereocenters. The largest absolute Gasteiger partial charge is 0.469 e. The quantitative estimate of drug-likeness (QED) is 0.103. The molecule has 6 N–H and O–H groups in total. The average Bonchev–Trinajstić information content (AvgIpc) is 3.00. The molecule has 0 saturated heterocycles. The Balaban J connectivity index is 2.15. The number of ether oxygens (including phenoxy) is 2. The van der Waals surface area contributed by atoms with Crippen molar-refractivity contribution in [3.8, 4) is 0 Å². The molecule has 0 aliphatic carbocycles. The van der Waals surface area contributed by atoms with Gasteiger partial charge in [0.15, 0.2) is 0 Å². The van der Waals surface area contributed by atoms with E-state index in [-0.39, 0.29) is 36.7 Å². The van der Waals surface area contributed by atoms with Gasteiger partial charge in [0, 0.05) is 21.9 Å². The first-order chi connectivity index (χ1) is 20.3. The van der Waals surface area contributed by atoms with Gasteiger partial charge in [0.05, 0.1) is 38.2 Å². The van der Waals surface area contributed by atoms with E-state index < -0.39 is 11.9 Å². The second kappa shape index (κ2) is 20.0. The van der Waals surface area contributed by atoms with Gasteiger partial charge in [-0.05, 0) is 63.0 Å². The Bertz CT molecular complexity index is 1080. The zero-order chi connectivity index (χ0) is 30.7. The molecular formula is C30H42N4O6S2. The summed E-state index contributed by atoms with van der Waals surface area (Å²) in [5, 5.41) is 5.95. The first kappa shape index (κ1) is 35.1. The molecule has 2 rings (SSSR count). The SMILES string of the molecule is COC(=O)C[C@H](CCCCN)NC(=O)c1ccccc1SSc1ccccc1C(=O)N[C@@H](CCCCN)CC(=O)OC. The summed E-state index contributed by atoms with van der Waals surface area (Å²) in [6.45, 7) is 1.07. The standard InChI is InChI=1S/C30H42N4O6S2/c1-39-27(35)19-21(11-7-9-17-31)33-29(37)23-13-3-5-15-25(23)41-42-26-16-6-4-14-24(26)30(38)34-22(12-8-10-18-32)20-28(36)40-2/h3-6,13-16,21-22H,7-12,17-20,31-32H2,1-2H3,(H,33,37)(H,34,38)/t21-,22-/m0/s1. The highest BCUT2D eigenvalue weighted by atomic mass is 33.1. The molecule has 0 aliphatic heterocycles. The van der Waals surface area contributed by atoms with Gasteiger partial charge in [0.1, 0.15) is 0 Å². The van der Waals surface area contributed by atoms with Gasteiger partial charge >= 0.3 is 11.9 Å². The lowest BCUT2D eigenvalue weighted by Gasteiger charge is -2.19. The molecule has 230 valence electrons. The van der Waals surface area contributed by atoms with E-state index in [1.54, 1.807) is 24.3 Å². The van der Waals surface area contributed by atoms with Gasteiger partial charge < -0.3 is 31.6 Å². The molecule has 2 amide bonds. The van der Waals surface area contributed by atoms with Crippen LogP contribution in [0.4, 0.5) is 0 Å². The average molecular weight is 619 g/mol. The van der Waals surface area contributed by atoms with Crippen LogP contribution < -0.4 is 22.1 Å². The van der Waals surface area contributed by atoms with Crippen LogP contribution in [-0.4, -0.2) is 63.1 Å². The Morgan fingerprint density at radius 2 is 1.05 bits per heavy atom. The fourth-order valence-electron chi connectivity index (χ4n) is 4.16. The van der Waals surface area contributed by atoms with Crippen LogP contribution in [0.5, 0.6) is 0 Å².